The summed E-state index contributed by atoms with van der Waals surface area (Å²) in [5.74, 6) is 1.49. The lowest BCUT2D eigenvalue weighted by molar-refractivity contribution is 0.201. The molecule has 0 fully saturated rings. The van der Waals surface area contributed by atoms with Crippen LogP contribution in [-0.2, 0) is 17.7 Å². The molecular weight excluding hydrogens is 286 g/mol. The van der Waals surface area contributed by atoms with Crippen LogP contribution in [0.4, 0.5) is 10.8 Å². The number of hydrogen-bond acceptors (Lipinski definition) is 6. The Morgan fingerprint density at radius 2 is 2.24 bits per heavy atom. The number of aryl methyl sites for hydroxylation is 1. The lowest BCUT2D eigenvalue weighted by Crippen LogP contribution is -2.05. The number of hydrogen-bond donors (Lipinski definition) is 1. The van der Waals surface area contributed by atoms with Crippen molar-refractivity contribution < 1.29 is 4.74 Å². The van der Waals surface area contributed by atoms with E-state index in [-0.39, 0.29) is 0 Å². The Balaban J connectivity index is 1.98. The predicted molar refractivity (Wildman–Crippen MR) is 85.2 cm³/mol. The molecule has 0 atom stereocenters. The molecule has 0 bridgehead atoms. The van der Waals surface area contributed by atoms with Crippen LogP contribution in [0.1, 0.15) is 31.8 Å². The average molecular weight is 309 g/mol. The summed E-state index contributed by atoms with van der Waals surface area (Å²) in [6.07, 6.45) is 3.72. The standard InChI is InChI=1S/C14H23N5OS/c1-10(2)5-7-19-11(3)12(9-15-19)16-14-17-13(18-21-14)6-8-20-4/h9-10H,5-8H2,1-4H3,(H,16,17,18). The van der Waals surface area contributed by atoms with Gasteiger partial charge in [0.05, 0.1) is 24.2 Å². The molecule has 0 unspecified atom stereocenters. The first-order valence-electron chi connectivity index (χ1n) is 7.21. The molecule has 2 heterocycles. The van der Waals surface area contributed by atoms with Gasteiger partial charge >= 0.3 is 0 Å². The molecule has 0 saturated carbocycles. The van der Waals surface area contributed by atoms with E-state index in [9.17, 15) is 0 Å². The van der Waals surface area contributed by atoms with Gasteiger partial charge in [-0.25, -0.2) is 4.98 Å². The summed E-state index contributed by atoms with van der Waals surface area (Å²) in [7, 11) is 1.68. The zero-order valence-corrected chi connectivity index (χ0v) is 13.9. The second-order valence-electron chi connectivity index (χ2n) is 5.43. The normalized spacial score (nSPS) is 11.3. The van der Waals surface area contributed by atoms with Crippen LogP contribution in [0.2, 0.25) is 0 Å². The molecule has 6 nitrogen and oxygen atoms in total. The van der Waals surface area contributed by atoms with Gasteiger partial charge in [0.25, 0.3) is 0 Å². The fraction of sp³-hybridized carbons (Fsp3) is 0.643. The fourth-order valence-electron chi connectivity index (χ4n) is 1.89. The number of rotatable bonds is 8. The Kier molecular flexibility index (Phi) is 5.69. The molecule has 21 heavy (non-hydrogen) atoms. The molecule has 0 radical (unpaired) electrons. The first kappa shape index (κ1) is 15.9. The second kappa shape index (κ2) is 7.51. The highest BCUT2D eigenvalue weighted by Gasteiger charge is 2.10. The molecule has 2 rings (SSSR count). The molecule has 2 aromatic rings. The Morgan fingerprint density at radius 3 is 2.95 bits per heavy atom. The molecule has 116 valence electrons. The van der Waals surface area contributed by atoms with E-state index in [1.807, 2.05) is 10.9 Å². The molecule has 0 spiro atoms. The van der Waals surface area contributed by atoms with Crippen molar-refractivity contribution in [2.24, 2.45) is 5.92 Å². The largest absolute Gasteiger partial charge is 0.384 e. The third-order valence-corrected chi connectivity index (χ3v) is 3.93. The Morgan fingerprint density at radius 1 is 1.43 bits per heavy atom. The number of aromatic nitrogens is 4. The van der Waals surface area contributed by atoms with Crippen molar-refractivity contribution in [3.05, 3.63) is 17.7 Å². The Hall–Kier alpha value is -1.47. The van der Waals surface area contributed by atoms with Crippen LogP contribution in [0, 0.1) is 12.8 Å². The molecule has 0 amide bonds. The molecule has 0 aromatic carbocycles. The molecule has 0 aliphatic rings. The number of nitrogens with one attached hydrogen (secondary N) is 1. The van der Waals surface area contributed by atoms with E-state index >= 15 is 0 Å². The van der Waals surface area contributed by atoms with Gasteiger partial charge in [-0.15, -0.1) is 0 Å². The molecule has 0 saturated heterocycles. The second-order valence-corrected chi connectivity index (χ2v) is 6.18. The van der Waals surface area contributed by atoms with Gasteiger partial charge in [-0.3, -0.25) is 4.68 Å². The molecule has 1 N–H and O–H groups in total. The monoisotopic (exact) mass is 309 g/mol. The summed E-state index contributed by atoms with van der Waals surface area (Å²) < 4.78 is 11.4. The minimum absolute atomic E-state index is 0.641. The van der Waals surface area contributed by atoms with E-state index in [4.69, 9.17) is 4.74 Å². The average Bonchev–Trinajstić information content (AvgIpc) is 3.03. The SMILES string of the molecule is COCCc1nsc(Nc2cnn(CCC(C)C)c2C)n1. The topological polar surface area (TPSA) is 64.9 Å². The van der Waals surface area contributed by atoms with Crippen molar-refractivity contribution in [3.63, 3.8) is 0 Å². The van der Waals surface area contributed by atoms with Gasteiger partial charge in [-0.1, -0.05) is 13.8 Å². The zero-order chi connectivity index (χ0) is 15.2. The summed E-state index contributed by atoms with van der Waals surface area (Å²) in [4.78, 5) is 4.45. The minimum Gasteiger partial charge on any atom is -0.384 e. The number of ether oxygens (including phenoxy) is 1. The van der Waals surface area contributed by atoms with Gasteiger partial charge in [-0.05, 0) is 19.3 Å². The van der Waals surface area contributed by atoms with Crippen LogP contribution in [0.25, 0.3) is 0 Å². The van der Waals surface area contributed by atoms with E-state index in [1.54, 1.807) is 7.11 Å². The van der Waals surface area contributed by atoms with E-state index < -0.39 is 0 Å². The zero-order valence-electron chi connectivity index (χ0n) is 13.1. The Labute approximate surface area is 129 Å². The highest BCUT2D eigenvalue weighted by atomic mass is 32.1. The van der Waals surface area contributed by atoms with Crippen LogP contribution >= 0.6 is 11.5 Å². The highest BCUT2D eigenvalue weighted by Crippen LogP contribution is 2.22. The summed E-state index contributed by atoms with van der Waals surface area (Å²) in [5, 5.41) is 8.53. The molecule has 2 aromatic heterocycles. The lowest BCUT2D eigenvalue weighted by atomic mass is 10.1. The van der Waals surface area contributed by atoms with Crippen molar-refractivity contribution in [1.29, 1.82) is 0 Å². The maximum atomic E-state index is 5.03. The van der Waals surface area contributed by atoms with Crippen molar-refractivity contribution >= 4 is 22.4 Å². The smallest absolute Gasteiger partial charge is 0.207 e. The first-order valence-corrected chi connectivity index (χ1v) is 7.98. The van der Waals surface area contributed by atoms with Crippen LogP contribution in [0.5, 0.6) is 0 Å². The highest BCUT2D eigenvalue weighted by molar-refractivity contribution is 7.09. The van der Waals surface area contributed by atoms with E-state index in [0.717, 1.165) is 41.7 Å². The third kappa shape index (κ3) is 4.50. The van der Waals surface area contributed by atoms with Gasteiger partial charge < -0.3 is 10.1 Å². The van der Waals surface area contributed by atoms with Gasteiger partial charge in [0.15, 0.2) is 0 Å². The molecule has 0 aliphatic heterocycles. The number of methoxy groups -OCH3 is 1. The van der Waals surface area contributed by atoms with Crippen molar-refractivity contribution in [2.45, 2.75) is 40.2 Å². The predicted octanol–water partition coefficient (Wildman–Crippen LogP) is 3.02. The van der Waals surface area contributed by atoms with E-state index in [0.29, 0.717) is 12.5 Å². The van der Waals surface area contributed by atoms with Gasteiger partial charge in [0.2, 0.25) is 5.13 Å². The van der Waals surface area contributed by atoms with Crippen LogP contribution in [0.15, 0.2) is 6.20 Å². The molecule has 7 heteroatoms. The van der Waals surface area contributed by atoms with Crippen molar-refractivity contribution in [3.8, 4) is 0 Å². The summed E-state index contributed by atoms with van der Waals surface area (Å²) in [5.41, 5.74) is 2.12. The van der Waals surface area contributed by atoms with E-state index in [1.165, 1.54) is 11.5 Å². The lowest BCUT2D eigenvalue weighted by Gasteiger charge is -2.07. The summed E-state index contributed by atoms with van der Waals surface area (Å²) in [6, 6.07) is 0. The third-order valence-electron chi connectivity index (χ3n) is 3.26. The van der Waals surface area contributed by atoms with Gasteiger partial charge in [0.1, 0.15) is 5.82 Å². The molecule has 0 aliphatic carbocycles. The fourth-order valence-corrected chi connectivity index (χ4v) is 2.52. The summed E-state index contributed by atoms with van der Waals surface area (Å²) in [6.45, 7) is 8.10. The van der Waals surface area contributed by atoms with Crippen molar-refractivity contribution in [1.82, 2.24) is 19.1 Å². The van der Waals surface area contributed by atoms with E-state index in [2.05, 4.69) is 40.5 Å². The maximum Gasteiger partial charge on any atom is 0.207 e. The maximum absolute atomic E-state index is 5.03. The minimum atomic E-state index is 0.641. The van der Waals surface area contributed by atoms with Gasteiger partial charge in [-0.2, -0.15) is 9.47 Å². The number of anilines is 2. The van der Waals surface area contributed by atoms with Crippen LogP contribution < -0.4 is 5.32 Å². The number of nitrogens with zero attached hydrogens (tertiary/aromatic N) is 4. The van der Waals surface area contributed by atoms with Crippen molar-refractivity contribution in [2.75, 3.05) is 19.0 Å². The quantitative estimate of drug-likeness (QED) is 0.812. The first-order chi connectivity index (χ1) is 10.1. The Bertz CT molecular complexity index is 563. The molecular formula is C14H23N5OS. The summed E-state index contributed by atoms with van der Waals surface area (Å²) >= 11 is 1.37. The van der Waals surface area contributed by atoms with Crippen LogP contribution in [-0.4, -0.2) is 32.9 Å². The van der Waals surface area contributed by atoms with Gasteiger partial charge in [0, 0.05) is 31.6 Å². The van der Waals surface area contributed by atoms with Crippen LogP contribution in [0.3, 0.4) is 0 Å².